The van der Waals surface area contributed by atoms with E-state index >= 15 is 0 Å². The minimum absolute atomic E-state index is 0.311. The van der Waals surface area contributed by atoms with Crippen LogP contribution in [0.2, 0.25) is 0 Å². The van der Waals surface area contributed by atoms with Gasteiger partial charge in [-0.05, 0) is 43.4 Å². The Morgan fingerprint density at radius 3 is 2.28 bits per heavy atom. The molecule has 0 saturated carbocycles. The normalized spacial score (nSPS) is 11.7. The number of benzene rings is 2. The van der Waals surface area contributed by atoms with Crippen molar-refractivity contribution in [3.63, 3.8) is 0 Å². The van der Waals surface area contributed by atoms with Gasteiger partial charge in [0, 0.05) is 18.3 Å². The van der Waals surface area contributed by atoms with Crippen molar-refractivity contribution in [2.45, 2.75) is 12.6 Å². The van der Waals surface area contributed by atoms with Crippen molar-refractivity contribution in [1.82, 2.24) is 15.2 Å². The van der Waals surface area contributed by atoms with Gasteiger partial charge in [0.1, 0.15) is 6.04 Å². The number of anilines is 1. The summed E-state index contributed by atoms with van der Waals surface area (Å²) in [6, 6.07) is 19.1. The van der Waals surface area contributed by atoms with Gasteiger partial charge in [0.2, 0.25) is 0 Å². The van der Waals surface area contributed by atoms with Crippen molar-refractivity contribution < 1.29 is 9.59 Å². The quantitative estimate of drug-likeness (QED) is 0.652. The van der Waals surface area contributed by atoms with Crippen molar-refractivity contribution in [2.75, 3.05) is 19.4 Å². The molecule has 148 valence electrons. The van der Waals surface area contributed by atoms with Crippen LogP contribution >= 0.6 is 0 Å². The molecular weight excluding hydrogens is 364 g/mol. The van der Waals surface area contributed by atoms with Gasteiger partial charge in [-0.25, -0.2) is 0 Å². The average molecular weight is 388 g/mol. The Labute approximate surface area is 170 Å². The van der Waals surface area contributed by atoms with Crippen LogP contribution in [-0.4, -0.2) is 35.8 Å². The first kappa shape index (κ1) is 20.2. The number of aromatic nitrogens is 1. The molecule has 0 radical (unpaired) electrons. The van der Waals surface area contributed by atoms with Gasteiger partial charge in [0.15, 0.2) is 0 Å². The SMILES string of the molecule is CN(C)Cc1cncc(NC(=O)C(NC(=O)c2ccccc2)c2ccccc2)c1. The van der Waals surface area contributed by atoms with E-state index in [4.69, 9.17) is 0 Å². The van der Waals surface area contributed by atoms with E-state index in [2.05, 4.69) is 15.6 Å². The number of carbonyl (C=O) groups is 2. The van der Waals surface area contributed by atoms with Crippen molar-refractivity contribution >= 4 is 17.5 Å². The Kier molecular flexibility index (Phi) is 6.71. The Morgan fingerprint density at radius 1 is 0.966 bits per heavy atom. The molecule has 0 aliphatic heterocycles. The Bertz CT molecular complexity index is 959. The molecule has 0 aliphatic rings. The predicted octanol–water partition coefficient (Wildman–Crippen LogP) is 3.25. The predicted molar refractivity (Wildman–Crippen MR) is 113 cm³/mol. The highest BCUT2D eigenvalue weighted by atomic mass is 16.2. The van der Waals surface area contributed by atoms with E-state index in [1.54, 1.807) is 36.7 Å². The number of carbonyl (C=O) groups excluding carboxylic acids is 2. The number of hydrogen-bond acceptors (Lipinski definition) is 4. The summed E-state index contributed by atoms with van der Waals surface area (Å²) < 4.78 is 0. The van der Waals surface area contributed by atoms with Gasteiger partial charge in [0.25, 0.3) is 11.8 Å². The molecule has 6 nitrogen and oxygen atoms in total. The molecule has 0 saturated heterocycles. The molecule has 2 N–H and O–H groups in total. The smallest absolute Gasteiger partial charge is 0.252 e. The molecule has 0 bridgehead atoms. The van der Waals surface area contributed by atoms with Gasteiger partial charge in [-0.1, -0.05) is 48.5 Å². The number of nitrogens with one attached hydrogen (secondary N) is 2. The highest BCUT2D eigenvalue weighted by molar-refractivity contribution is 6.01. The maximum Gasteiger partial charge on any atom is 0.252 e. The molecule has 3 rings (SSSR count). The highest BCUT2D eigenvalue weighted by Gasteiger charge is 2.23. The maximum atomic E-state index is 13.0. The molecule has 1 heterocycles. The molecule has 1 atom stereocenters. The zero-order valence-corrected chi connectivity index (χ0v) is 16.5. The monoisotopic (exact) mass is 388 g/mol. The second kappa shape index (κ2) is 9.61. The minimum Gasteiger partial charge on any atom is -0.336 e. The van der Waals surface area contributed by atoms with Crippen molar-refractivity contribution in [1.29, 1.82) is 0 Å². The Morgan fingerprint density at radius 2 is 1.62 bits per heavy atom. The standard InChI is InChI=1S/C23H24N4O2/c1-27(2)16-17-13-20(15-24-14-17)25-23(29)21(18-9-5-3-6-10-18)26-22(28)19-11-7-4-8-12-19/h3-15,21H,16H2,1-2H3,(H,25,29)(H,26,28). The first-order chi connectivity index (χ1) is 14.0. The van der Waals surface area contributed by atoms with Crippen LogP contribution in [0.25, 0.3) is 0 Å². The second-order valence-corrected chi connectivity index (χ2v) is 6.99. The molecular formula is C23H24N4O2. The molecule has 0 spiro atoms. The number of nitrogens with zero attached hydrogens (tertiary/aromatic N) is 2. The number of pyridine rings is 1. The van der Waals surface area contributed by atoms with Gasteiger partial charge >= 0.3 is 0 Å². The Hall–Kier alpha value is -3.51. The summed E-state index contributed by atoms with van der Waals surface area (Å²) in [5, 5.41) is 5.71. The summed E-state index contributed by atoms with van der Waals surface area (Å²) in [4.78, 5) is 31.9. The van der Waals surface area contributed by atoms with Crippen LogP contribution in [0.1, 0.15) is 27.5 Å². The molecule has 3 aromatic rings. The molecule has 0 fully saturated rings. The third-order valence-electron chi connectivity index (χ3n) is 4.27. The van der Waals surface area contributed by atoms with Crippen LogP contribution < -0.4 is 10.6 Å². The van der Waals surface area contributed by atoms with Crippen molar-refractivity contribution in [3.8, 4) is 0 Å². The molecule has 6 heteroatoms. The zero-order chi connectivity index (χ0) is 20.6. The lowest BCUT2D eigenvalue weighted by atomic mass is 10.1. The molecule has 1 unspecified atom stereocenters. The van der Waals surface area contributed by atoms with E-state index in [-0.39, 0.29) is 11.8 Å². The van der Waals surface area contributed by atoms with Crippen LogP contribution in [0.4, 0.5) is 5.69 Å². The van der Waals surface area contributed by atoms with Crippen LogP contribution in [0.5, 0.6) is 0 Å². The van der Waals surface area contributed by atoms with Gasteiger partial charge in [-0.3, -0.25) is 14.6 Å². The van der Waals surface area contributed by atoms with Gasteiger partial charge in [-0.15, -0.1) is 0 Å². The molecule has 29 heavy (non-hydrogen) atoms. The lowest BCUT2D eigenvalue weighted by molar-refractivity contribution is -0.118. The minimum atomic E-state index is -0.832. The van der Waals surface area contributed by atoms with E-state index in [1.165, 1.54) is 0 Å². The topological polar surface area (TPSA) is 74.3 Å². The fourth-order valence-corrected chi connectivity index (χ4v) is 2.97. The van der Waals surface area contributed by atoms with E-state index in [1.807, 2.05) is 61.5 Å². The summed E-state index contributed by atoms with van der Waals surface area (Å²) in [5.41, 5.74) is 2.77. The summed E-state index contributed by atoms with van der Waals surface area (Å²) >= 11 is 0. The number of amides is 2. The van der Waals surface area contributed by atoms with Crippen LogP contribution in [-0.2, 0) is 11.3 Å². The Balaban J connectivity index is 1.81. The van der Waals surface area contributed by atoms with Crippen molar-refractivity contribution in [3.05, 3.63) is 95.8 Å². The van der Waals surface area contributed by atoms with Crippen LogP contribution in [0, 0.1) is 0 Å². The van der Waals surface area contributed by atoms with E-state index in [0.29, 0.717) is 23.4 Å². The van der Waals surface area contributed by atoms with Gasteiger partial charge in [0.05, 0.1) is 11.9 Å². The van der Waals surface area contributed by atoms with E-state index in [9.17, 15) is 9.59 Å². The van der Waals surface area contributed by atoms with E-state index < -0.39 is 6.04 Å². The number of rotatable bonds is 7. The van der Waals surface area contributed by atoms with E-state index in [0.717, 1.165) is 5.56 Å². The largest absolute Gasteiger partial charge is 0.336 e. The molecule has 2 aromatic carbocycles. The maximum absolute atomic E-state index is 13.0. The summed E-state index contributed by atoms with van der Waals surface area (Å²) in [5.74, 6) is -0.640. The van der Waals surface area contributed by atoms with Crippen LogP contribution in [0.3, 0.4) is 0 Å². The van der Waals surface area contributed by atoms with Gasteiger partial charge < -0.3 is 15.5 Å². The number of hydrogen-bond donors (Lipinski definition) is 2. The third kappa shape index (κ3) is 5.73. The summed E-state index contributed by atoms with van der Waals surface area (Å²) in [6.07, 6.45) is 3.36. The second-order valence-electron chi connectivity index (χ2n) is 6.99. The van der Waals surface area contributed by atoms with Gasteiger partial charge in [-0.2, -0.15) is 0 Å². The summed E-state index contributed by atoms with van der Waals surface area (Å²) in [7, 11) is 3.94. The highest BCUT2D eigenvalue weighted by Crippen LogP contribution is 2.18. The molecule has 1 aromatic heterocycles. The van der Waals surface area contributed by atoms with Crippen molar-refractivity contribution in [2.24, 2.45) is 0 Å². The lowest BCUT2D eigenvalue weighted by Crippen LogP contribution is -2.37. The first-order valence-corrected chi connectivity index (χ1v) is 9.33. The molecule has 2 amide bonds. The molecule has 0 aliphatic carbocycles. The van der Waals surface area contributed by atoms with Crippen LogP contribution in [0.15, 0.2) is 79.1 Å². The fraction of sp³-hybridized carbons (Fsp3) is 0.174. The zero-order valence-electron chi connectivity index (χ0n) is 16.5. The first-order valence-electron chi connectivity index (χ1n) is 9.33. The third-order valence-corrected chi connectivity index (χ3v) is 4.27. The average Bonchev–Trinajstić information content (AvgIpc) is 2.73. The summed E-state index contributed by atoms with van der Waals surface area (Å²) in [6.45, 7) is 0.712. The lowest BCUT2D eigenvalue weighted by Gasteiger charge is -2.19. The fourth-order valence-electron chi connectivity index (χ4n) is 2.97.